The molecule has 1 aromatic heterocycles. The van der Waals surface area contributed by atoms with Crippen molar-refractivity contribution in [3.05, 3.63) is 34.1 Å². The minimum atomic E-state index is -5.41. The van der Waals surface area contributed by atoms with Gasteiger partial charge in [0.15, 0.2) is 5.82 Å². The van der Waals surface area contributed by atoms with Gasteiger partial charge in [0, 0.05) is 17.5 Å². The predicted molar refractivity (Wildman–Crippen MR) is 109 cm³/mol. The van der Waals surface area contributed by atoms with Crippen molar-refractivity contribution in [2.45, 2.75) is 54.9 Å². The number of benzene rings is 1. The van der Waals surface area contributed by atoms with Crippen LogP contribution in [0.3, 0.4) is 0 Å². The summed E-state index contributed by atoms with van der Waals surface area (Å²) in [5.41, 5.74) is 1.18. The zero-order valence-corrected chi connectivity index (χ0v) is 18.6. The van der Waals surface area contributed by atoms with Crippen molar-refractivity contribution < 1.29 is 36.0 Å². The number of aromatic nitrogens is 1. The summed E-state index contributed by atoms with van der Waals surface area (Å²) in [5, 5.41) is 4.55. The monoisotopic (exact) mass is 511 g/mol. The number of nitrogens with zero attached hydrogens (tertiary/aromatic N) is 2. The zero-order valence-electron chi connectivity index (χ0n) is 16.2. The fourth-order valence-corrected chi connectivity index (χ4v) is 5.83. The van der Waals surface area contributed by atoms with Gasteiger partial charge in [0.25, 0.3) is 10.0 Å². The Kier molecular flexibility index (Phi) is 6.27. The first-order valence-corrected chi connectivity index (χ1v) is 12.2. The van der Waals surface area contributed by atoms with Crippen molar-refractivity contribution in [3.8, 4) is 5.75 Å². The molecule has 3 heterocycles. The van der Waals surface area contributed by atoms with Crippen molar-refractivity contribution in [2.24, 2.45) is 0 Å². The first-order chi connectivity index (χ1) is 15.0. The zero-order chi connectivity index (χ0) is 23.1. The normalized spacial score (nSPS) is 23.1. The van der Waals surface area contributed by atoms with Gasteiger partial charge in [-0.25, -0.2) is 9.78 Å². The fourth-order valence-electron chi connectivity index (χ4n) is 3.76. The lowest BCUT2D eigenvalue weighted by Gasteiger charge is -2.29. The molecular weight excluding hydrogens is 495 g/mol. The van der Waals surface area contributed by atoms with Crippen molar-refractivity contribution in [1.82, 2.24) is 10.3 Å². The number of rotatable bonds is 6. The average Bonchev–Trinajstić information content (AvgIpc) is 3.36. The van der Waals surface area contributed by atoms with Gasteiger partial charge in [-0.05, 0) is 43.9 Å². The highest BCUT2D eigenvalue weighted by molar-refractivity contribution is 7.92. The average molecular weight is 512 g/mol. The van der Waals surface area contributed by atoms with Gasteiger partial charge in [0.2, 0.25) is 0 Å². The Morgan fingerprint density at radius 2 is 1.94 bits per heavy atom. The van der Waals surface area contributed by atoms with Crippen molar-refractivity contribution >= 4 is 44.7 Å². The van der Waals surface area contributed by atoms with Crippen LogP contribution in [0.5, 0.6) is 5.75 Å². The van der Waals surface area contributed by atoms with E-state index in [4.69, 9.17) is 16.3 Å². The number of fused-ring (bicyclic) bond motifs is 2. The molecular formula is C18H17ClF3N3O5S2. The van der Waals surface area contributed by atoms with E-state index in [1.807, 2.05) is 0 Å². The number of sulfonamides is 1. The molecule has 2 saturated heterocycles. The highest BCUT2D eigenvalue weighted by Gasteiger charge is 2.45. The van der Waals surface area contributed by atoms with Crippen molar-refractivity contribution in [2.75, 3.05) is 4.47 Å². The Morgan fingerprint density at radius 3 is 2.50 bits per heavy atom. The molecule has 32 heavy (non-hydrogen) atoms. The molecule has 0 aliphatic carbocycles. The highest BCUT2D eigenvalue weighted by Crippen LogP contribution is 2.35. The molecule has 3 atom stereocenters. The molecule has 1 aromatic carbocycles. The third-order valence-electron chi connectivity index (χ3n) is 5.15. The summed E-state index contributed by atoms with van der Waals surface area (Å²) in [6, 6.07) is 4.21. The summed E-state index contributed by atoms with van der Waals surface area (Å²) in [6.45, 7) is 0. The number of anilines is 1. The number of piperidine rings is 1. The van der Waals surface area contributed by atoms with Gasteiger partial charge in [-0.3, -0.25) is 0 Å². The van der Waals surface area contributed by atoms with Crippen molar-refractivity contribution in [3.63, 3.8) is 0 Å². The summed E-state index contributed by atoms with van der Waals surface area (Å²) in [4.78, 5) is 18.6. The number of carbonyl (C=O) groups is 1. The summed E-state index contributed by atoms with van der Waals surface area (Å²) < 4.78 is 69.8. The van der Waals surface area contributed by atoms with Crippen LogP contribution in [0, 0.1) is 0 Å². The Bertz CT molecular complexity index is 1090. The summed E-state index contributed by atoms with van der Waals surface area (Å²) >= 11 is 7.13. The van der Waals surface area contributed by atoms with Gasteiger partial charge in [-0.15, -0.1) is 11.3 Å². The Hall–Kier alpha value is -2.09. The van der Waals surface area contributed by atoms with Crippen LogP contribution in [0.4, 0.5) is 19.0 Å². The Morgan fingerprint density at radius 1 is 1.25 bits per heavy atom. The van der Waals surface area contributed by atoms with Gasteiger partial charge in [-0.1, -0.05) is 16.1 Å². The molecule has 2 aliphatic rings. The van der Waals surface area contributed by atoms with E-state index in [9.17, 15) is 26.4 Å². The van der Waals surface area contributed by atoms with Gasteiger partial charge >= 0.3 is 12.1 Å². The van der Waals surface area contributed by atoms with Crippen LogP contribution in [-0.2, 0) is 19.7 Å². The summed E-state index contributed by atoms with van der Waals surface area (Å²) in [7, 11) is -4.77. The quantitative estimate of drug-likeness (QED) is 0.591. The van der Waals surface area contributed by atoms with E-state index in [2.05, 4.69) is 15.1 Å². The van der Waals surface area contributed by atoms with Crippen LogP contribution in [0.2, 0.25) is 5.02 Å². The number of hydrogen-bond acceptors (Lipinski definition) is 8. The lowest BCUT2D eigenvalue weighted by atomic mass is 10.0. The number of hydrogen-bond donors (Lipinski definition) is 1. The van der Waals surface area contributed by atoms with E-state index in [1.54, 1.807) is 0 Å². The molecule has 0 spiro atoms. The molecule has 0 amide bonds. The second-order valence-corrected chi connectivity index (χ2v) is 10.3. The minimum Gasteiger partial charge on any atom is -0.489 e. The molecule has 0 saturated carbocycles. The van der Waals surface area contributed by atoms with Crippen LogP contribution in [0.15, 0.2) is 34.0 Å². The molecule has 2 bridgehead atoms. The minimum absolute atomic E-state index is 0.0441. The molecule has 2 aromatic rings. The maximum atomic E-state index is 13.0. The van der Waals surface area contributed by atoms with Crippen molar-refractivity contribution in [1.29, 1.82) is 0 Å². The van der Waals surface area contributed by atoms with E-state index >= 15 is 0 Å². The van der Waals surface area contributed by atoms with Crippen LogP contribution < -0.4 is 14.5 Å². The Labute approximate surface area is 190 Å². The SMILES string of the molecule is O=C(ON(c1cscn1)S(=O)(=O)c1ccc(OC2C[C@H]3CC[C@@H](C2)N3)c(Cl)c1)C(F)(F)F. The molecule has 0 radical (unpaired) electrons. The highest BCUT2D eigenvalue weighted by atomic mass is 35.5. The second-order valence-electron chi connectivity index (χ2n) is 7.40. The first kappa shape index (κ1) is 23.1. The number of thiazole rings is 1. The largest absolute Gasteiger partial charge is 0.493 e. The number of carbonyl (C=O) groups excluding carboxylic acids is 1. The lowest BCUT2D eigenvalue weighted by molar-refractivity contribution is -0.199. The van der Waals surface area contributed by atoms with Gasteiger partial charge in [0.05, 0.1) is 15.4 Å². The van der Waals surface area contributed by atoms with Crippen LogP contribution in [0.1, 0.15) is 25.7 Å². The molecule has 174 valence electrons. The van der Waals surface area contributed by atoms with E-state index in [0.717, 1.165) is 54.5 Å². The predicted octanol–water partition coefficient (Wildman–Crippen LogP) is 3.67. The molecule has 4 rings (SSSR count). The molecule has 1 unspecified atom stereocenters. The first-order valence-electron chi connectivity index (χ1n) is 9.49. The lowest BCUT2D eigenvalue weighted by Crippen LogP contribution is -2.42. The van der Waals surface area contributed by atoms with Gasteiger partial charge < -0.3 is 14.9 Å². The smallest absolute Gasteiger partial charge is 0.489 e. The number of ether oxygens (including phenoxy) is 1. The van der Waals surface area contributed by atoms with Gasteiger partial charge in [0.1, 0.15) is 11.9 Å². The number of halogens is 4. The third-order valence-corrected chi connectivity index (χ3v) is 7.56. The van der Waals surface area contributed by atoms with Crippen LogP contribution >= 0.6 is 22.9 Å². The maximum Gasteiger partial charge on any atom is 0.493 e. The number of alkyl halides is 3. The van der Waals surface area contributed by atoms with E-state index < -0.39 is 32.9 Å². The summed E-state index contributed by atoms with van der Waals surface area (Å²) in [5.74, 6) is -2.96. The second kappa shape index (κ2) is 8.69. The standard InChI is InChI=1S/C18H17ClF3N3O5S2/c19-14-7-13(3-4-15(14)29-12-5-10-1-2-11(6-12)24-10)32(27,28)25(16-8-31-9-23-16)30-17(26)18(20,21)22/h3-4,7-12,24H,1-2,5-6H2/t10-,11+,12?. The molecule has 1 N–H and O–H groups in total. The maximum absolute atomic E-state index is 13.0. The molecule has 8 nitrogen and oxygen atoms in total. The Balaban J connectivity index is 1.57. The third kappa shape index (κ3) is 4.80. The van der Waals surface area contributed by atoms with E-state index in [0.29, 0.717) is 12.1 Å². The topological polar surface area (TPSA) is 97.8 Å². The summed E-state index contributed by atoms with van der Waals surface area (Å²) in [6.07, 6.45) is -1.78. The number of nitrogens with one attached hydrogen (secondary N) is 1. The molecule has 14 heteroatoms. The van der Waals surface area contributed by atoms with E-state index in [-0.39, 0.29) is 21.3 Å². The van der Waals surface area contributed by atoms with E-state index in [1.165, 1.54) is 11.6 Å². The fraction of sp³-hybridized carbons (Fsp3) is 0.444. The van der Waals surface area contributed by atoms with Gasteiger partial charge in [-0.2, -0.15) is 21.6 Å². The molecule has 2 fully saturated rings. The van der Waals surface area contributed by atoms with Crippen LogP contribution in [-0.4, -0.2) is 43.7 Å². The van der Waals surface area contributed by atoms with Crippen LogP contribution in [0.25, 0.3) is 0 Å². The molecule has 2 aliphatic heterocycles.